The number of benzene rings is 3. The Balaban J connectivity index is 1.52. The average Bonchev–Trinajstić information content (AvgIpc) is 3.28. The zero-order chi connectivity index (χ0) is 24.8. The number of aryl methyl sites for hydroxylation is 1. The first-order valence-electron chi connectivity index (χ1n) is 11.7. The van der Waals surface area contributed by atoms with Gasteiger partial charge in [-0.3, -0.25) is 9.36 Å². The number of thioether (sulfide) groups is 1. The molecule has 0 aliphatic heterocycles. The second-order valence-corrected chi connectivity index (χ2v) is 9.64. The number of nitrogens with one attached hydrogen (secondary N) is 1. The van der Waals surface area contributed by atoms with Gasteiger partial charge in [-0.2, -0.15) is 0 Å². The maximum Gasteiger partial charge on any atom is 0.234 e. The Morgan fingerprint density at radius 2 is 1.71 bits per heavy atom. The zero-order valence-electron chi connectivity index (χ0n) is 20.4. The number of hydrogen-bond donors (Lipinski definition) is 1. The van der Waals surface area contributed by atoms with Gasteiger partial charge in [0.05, 0.1) is 5.75 Å². The van der Waals surface area contributed by atoms with Crippen LogP contribution in [-0.4, -0.2) is 26.4 Å². The molecule has 0 aliphatic rings. The van der Waals surface area contributed by atoms with Gasteiger partial charge in [-0.25, -0.2) is 0 Å². The molecule has 3 aromatic carbocycles. The second kappa shape index (κ2) is 11.2. The topological polar surface area (TPSA) is 69.0 Å². The predicted octanol–water partition coefficient (Wildman–Crippen LogP) is 6.57. The van der Waals surface area contributed by atoms with Crippen LogP contribution in [0.4, 0.5) is 5.69 Å². The molecule has 0 fully saturated rings. The van der Waals surface area contributed by atoms with E-state index in [2.05, 4.69) is 41.5 Å². The summed E-state index contributed by atoms with van der Waals surface area (Å²) >= 11 is 1.34. The van der Waals surface area contributed by atoms with Crippen molar-refractivity contribution in [1.29, 1.82) is 0 Å². The van der Waals surface area contributed by atoms with Crippen molar-refractivity contribution in [2.75, 3.05) is 11.1 Å². The molecular weight excluding hydrogens is 456 g/mol. The molecule has 1 aromatic heterocycles. The van der Waals surface area contributed by atoms with Crippen LogP contribution >= 0.6 is 11.8 Å². The van der Waals surface area contributed by atoms with Gasteiger partial charge in [-0.15, -0.1) is 10.2 Å². The average molecular weight is 487 g/mol. The monoisotopic (exact) mass is 486 g/mol. The van der Waals surface area contributed by atoms with E-state index >= 15 is 0 Å². The van der Waals surface area contributed by atoms with Crippen LogP contribution in [0.1, 0.15) is 49.7 Å². The Hall–Kier alpha value is -3.58. The lowest BCUT2D eigenvalue weighted by molar-refractivity contribution is -0.113. The van der Waals surface area contributed by atoms with Crippen molar-refractivity contribution in [3.8, 4) is 11.4 Å². The van der Waals surface area contributed by atoms with E-state index in [9.17, 15) is 4.79 Å². The summed E-state index contributed by atoms with van der Waals surface area (Å²) in [4.78, 5) is 12.6. The molecule has 0 radical (unpaired) electrons. The minimum Gasteiger partial charge on any atom is -0.483 e. The molecule has 0 saturated carbocycles. The lowest BCUT2D eigenvalue weighted by atomic mass is 10.0. The van der Waals surface area contributed by atoms with Crippen molar-refractivity contribution in [3.05, 3.63) is 95.8 Å². The number of rotatable bonds is 9. The van der Waals surface area contributed by atoms with Gasteiger partial charge < -0.3 is 10.1 Å². The van der Waals surface area contributed by atoms with Gasteiger partial charge in [-0.1, -0.05) is 68.1 Å². The SMILES string of the molecule is Cc1cccc(NC(=O)CSc2nnc(C(C)Oc3ccc(C(C)C)cc3)n2-c2ccccc2)c1. The maximum atomic E-state index is 12.6. The van der Waals surface area contributed by atoms with E-state index in [1.54, 1.807) is 0 Å². The molecular formula is C28H30N4O2S. The molecule has 1 heterocycles. The van der Waals surface area contributed by atoms with Crippen molar-refractivity contribution >= 4 is 23.4 Å². The molecule has 1 amide bonds. The number of nitrogens with zero attached hydrogens (tertiary/aromatic N) is 3. The largest absolute Gasteiger partial charge is 0.483 e. The number of aromatic nitrogens is 3. The number of hydrogen-bond acceptors (Lipinski definition) is 5. The number of amides is 1. The highest BCUT2D eigenvalue weighted by atomic mass is 32.2. The Labute approximate surface area is 210 Å². The number of carbonyl (C=O) groups excluding carboxylic acids is 1. The third-order valence-corrected chi connectivity index (χ3v) is 6.46. The van der Waals surface area contributed by atoms with Crippen LogP contribution in [0.2, 0.25) is 0 Å². The molecule has 4 aromatic rings. The van der Waals surface area contributed by atoms with Crippen LogP contribution < -0.4 is 10.1 Å². The first-order valence-corrected chi connectivity index (χ1v) is 12.7. The van der Waals surface area contributed by atoms with E-state index in [-0.39, 0.29) is 17.8 Å². The summed E-state index contributed by atoms with van der Waals surface area (Å²) in [7, 11) is 0. The van der Waals surface area contributed by atoms with E-state index in [1.165, 1.54) is 17.3 Å². The molecule has 180 valence electrons. The quantitative estimate of drug-likeness (QED) is 0.271. The highest BCUT2D eigenvalue weighted by Crippen LogP contribution is 2.28. The zero-order valence-corrected chi connectivity index (χ0v) is 21.3. The van der Waals surface area contributed by atoms with Crippen molar-refractivity contribution < 1.29 is 9.53 Å². The highest BCUT2D eigenvalue weighted by molar-refractivity contribution is 7.99. The van der Waals surface area contributed by atoms with Crippen molar-refractivity contribution in [1.82, 2.24) is 14.8 Å². The molecule has 0 bridgehead atoms. The molecule has 1 unspecified atom stereocenters. The summed E-state index contributed by atoms with van der Waals surface area (Å²) in [5.74, 6) is 2.02. The molecule has 0 spiro atoms. The van der Waals surface area contributed by atoms with E-state index in [1.807, 2.05) is 85.1 Å². The first-order chi connectivity index (χ1) is 16.9. The third-order valence-electron chi connectivity index (χ3n) is 5.53. The number of ether oxygens (including phenoxy) is 1. The minimum atomic E-state index is -0.344. The first kappa shape index (κ1) is 24.5. The van der Waals surface area contributed by atoms with Crippen LogP contribution in [0.25, 0.3) is 5.69 Å². The lowest BCUT2D eigenvalue weighted by Gasteiger charge is -2.17. The summed E-state index contributed by atoms with van der Waals surface area (Å²) < 4.78 is 8.17. The fourth-order valence-electron chi connectivity index (χ4n) is 3.70. The van der Waals surface area contributed by atoms with Crippen LogP contribution in [0.15, 0.2) is 84.0 Å². The van der Waals surface area contributed by atoms with Gasteiger partial charge in [0.15, 0.2) is 17.1 Å². The van der Waals surface area contributed by atoms with Gasteiger partial charge in [-0.05, 0) is 67.3 Å². The van der Waals surface area contributed by atoms with Gasteiger partial charge in [0.1, 0.15) is 5.75 Å². The summed E-state index contributed by atoms with van der Waals surface area (Å²) in [6.45, 7) is 8.29. The van der Waals surface area contributed by atoms with Crippen LogP contribution in [0.3, 0.4) is 0 Å². The normalized spacial score (nSPS) is 11.9. The van der Waals surface area contributed by atoms with Crippen molar-refractivity contribution in [2.24, 2.45) is 0 Å². The summed E-state index contributed by atoms with van der Waals surface area (Å²) in [5.41, 5.74) is 4.06. The Bertz CT molecular complexity index is 1270. The second-order valence-electron chi connectivity index (χ2n) is 8.70. The van der Waals surface area contributed by atoms with Crippen molar-refractivity contribution in [3.63, 3.8) is 0 Å². The molecule has 6 nitrogen and oxygen atoms in total. The van der Waals surface area contributed by atoms with Crippen LogP contribution in [-0.2, 0) is 4.79 Å². The fraction of sp³-hybridized carbons (Fsp3) is 0.250. The number of anilines is 1. The Morgan fingerprint density at radius 1 is 0.971 bits per heavy atom. The number of carbonyl (C=O) groups is 1. The number of para-hydroxylation sites is 1. The molecule has 1 N–H and O–H groups in total. The van der Waals surface area contributed by atoms with Crippen LogP contribution in [0, 0.1) is 6.92 Å². The Morgan fingerprint density at radius 3 is 2.40 bits per heavy atom. The minimum absolute atomic E-state index is 0.0979. The van der Waals surface area contributed by atoms with Gasteiger partial charge in [0.25, 0.3) is 0 Å². The standard InChI is InChI=1S/C28H30N4O2S/c1-19(2)22-13-15-25(16-14-22)34-21(4)27-30-31-28(32(27)24-11-6-5-7-12-24)35-18-26(33)29-23-10-8-9-20(3)17-23/h5-17,19,21H,18H2,1-4H3,(H,29,33). The Kier molecular flexibility index (Phi) is 7.87. The van der Waals surface area contributed by atoms with Gasteiger partial charge in [0.2, 0.25) is 5.91 Å². The molecule has 4 rings (SSSR count). The maximum absolute atomic E-state index is 12.6. The van der Waals surface area contributed by atoms with E-state index in [4.69, 9.17) is 4.74 Å². The van der Waals surface area contributed by atoms with E-state index in [0.717, 1.165) is 22.7 Å². The highest BCUT2D eigenvalue weighted by Gasteiger charge is 2.21. The molecule has 1 atom stereocenters. The fourth-order valence-corrected chi connectivity index (χ4v) is 4.45. The van der Waals surface area contributed by atoms with Crippen molar-refractivity contribution in [2.45, 2.75) is 44.9 Å². The van der Waals surface area contributed by atoms with Gasteiger partial charge >= 0.3 is 0 Å². The van der Waals surface area contributed by atoms with E-state index in [0.29, 0.717) is 16.9 Å². The third kappa shape index (κ3) is 6.31. The molecule has 35 heavy (non-hydrogen) atoms. The summed E-state index contributed by atoms with van der Waals surface area (Å²) in [5, 5.41) is 12.4. The van der Waals surface area contributed by atoms with Gasteiger partial charge in [0, 0.05) is 11.4 Å². The van der Waals surface area contributed by atoms with Crippen LogP contribution in [0.5, 0.6) is 5.75 Å². The smallest absolute Gasteiger partial charge is 0.234 e. The summed E-state index contributed by atoms with van der Waals surface area (Å²) in [6, 6.07) is 25.8. The summed E-state index contributed by atoms with van der Waals surface area (Å²) in [6.07, 6.45) is -0.344. The molecule has 0 aliphatic carbocycles. The van der Waals surface area contributed by atoms with E-state index < -0.39 is 0 Å². The predicted molar refractivity (Wildman–Crippen MR) is 141 cm³/mol. The molecule has 0 saturated heterocycles. The molecule has 7 heteroatoms. The lowest BCUT2D eigenvalue weighted by Crippen LogP contribution is -2.15.